The van der Waals surface area contributed by atoms with Crippen LogP contribution >= 0.6 is 31.9 Å². The Kier molecular flexibility index (Phi) is 3.07. The molecule has 0 aliphatic carbocycles. The number of carbonyl (C=O) groups is 1. The Morgan fingerprint density at radius 3 is 2.07 bits per heavy atom. The highest BCUT2D eigenvalue weighted by atomic mass is 79.9. The maximum absolute atomic E-state index is 11.9. The first kappa shape index (κ1) is 10.6. The van der Waals surface area contributed by atoms with Crippen LogP contribution in [-0.4, -0.2) is 10.5 Å². The fourth-order valence-corrected chi connectivity index (χ4v) is 1.90. The summed E-state index contributed by atoms with van der Waals surface area (Å²) in [6, 6.07) is 9.17. The Morgan fingerprint density at radius 2 is 1.53 bits per heavy atom. The van der Waals surface area contributed by atoms with Gasteiger partial charge in [0, 0.05) is 26.9 Å². The van der Waals surface area contributed by atoms with Crippen LogP contribution in [0.5, 0.6) is 0 Å². The smallest absolute Gasteiger partial charge is 0.261 e. The highest BCUT2D eigenvalue weighted by Crippen LogP contribution is 2.23. The summed E-state index contributed by atoms with van der Waals surface area (Å²) in [5, 5.41) is 0. The second-order valence-electron chi connectivity index (χ2n) is 3.03. The van der Waals surface area contributed by atoms with E-state index in [0.717, 1.165) is 8.95 Å². The normalized spacial score (nSPS) is 10.3. The van der Waals surface area contributed by atoms with E-state index < -0.39 is 0 Å². The van der Waals surface area contributed by atoms with Crippen molar-refractivity contribution in [2.45, 2.75) is 0 Å². The van der Waals surface area contributed by atoms with E-state index in [1.54, 1.807) is 29.1 Å². The molecular formula is C11H7Br2NO. The number of benzene rings is 1. The van der Waals surface area contributed by atoms with Crippen LogP contribution in [0.25, 0.3) is 0 Å². The van der Waals surface area contributed by atoms with Crippen LogP contribution < -0.4 is 0 Å². The fraction of sp³-hybridized carbons (Fsp3) is 0. The van der Waals surface area contributed by atoms with Gasteiger partial charge in [0.2, 0.25) is 0 Å². The summed E-state index contributed by atoms with van der Waals surface area (Å²) >= 11 is 6.67. The molecule has 0 spiro atoms. The van der Waals surface area contributed by atoms with Crippen molar-refractivity contribution >= 4 is 37.8 Å². The summed E-state index contributed by atoms with van der Waals surface area (Å²) in [5.41, 5.74) is 0.674. The average molecular weight is 329 g/mol. The number of rotatable bonds is 1. The quantitative estimate of drug-likeness (QED) is 0.782. The van der Waals surface area contributed by atoms with Gasteiger partial charge in [0.25, 0.3) is 5.91 Å². The van der Waals surface area contributed by atoms with Gasteiger partial charge in [0.05, 0.1) is 0 Å². The summed E-state index contributed by atoms with van der Waals surface area (Å²) in [7, 11) is 0. The molecular weight excluding hydrogens is 322 g/mol. The largest absolute Gasteiger partial charge is 0.288 e. The van der Waals surface area contributed by atoms with Crippen molar-refractivity contribution in [2.24, 2.45) is 0 Å². The van der Waals surface area contributed by atoms with Crippen LogP contribution in [-0.2, 0) is 0 Å². The first-order chi connectivity index (χ1) is 7.18. The van der Waals surface area contributed by atoms with E-state index in [2.05, 4.69) is 31.9 Å². The third-order valence-corrected chi connectivity index (χ3v) is 3.78. The molecule has 0 saturated heterocycles. The maximum atomic E-state index is 11.9. The monoisotopic (exact) mass is 327 g/mol. The third kappa shape index (κ3) is 2.21. The number of carbonyl (C=O) groups excluding carboxylic acids is 1. The van der Waals surface area contributed by atoms with E-state index in [-0.39, 0.29) is 5.91 Å². The molecule has 1 aromatic heterocycles. The minimum Gasteiger partial charge on any atom is -0.288 e. The van der Waals surface area contributed by atoms with Crippen molar-refractivity contribution in [1.29, 1.82) is 0 Å². The zero-order chi connectivity index (χ0) is 10.8. The van der Waals surface area contributed by atoms with Crippen LogP contribution in [0.15, 0.2) is 51.7 Å². The molecule has 1 heterocycles. The Hall–Kier alpha value is -0.870. The van der Waals surface area contributed by atoms with Crippen molar-refractivity contribution < 1.29 is 4.79 Å². The molecule has 0 radical (unpaired) electrons. The molecule has 0 unspecified atom stereocenters. The Morgan fingerprint density at radius 1 is 1.00 bits per heavy atom. The van der Waals surface area contributed by atoms with Crippen LogP contribution in [0, 0.1) is 0 Å². The summed E-state index contributed by atoms with van der Waals surface area (Å²) in [5.74, 6) is -0.0398. The minimum absolute atomic E-state index is 0.0398. The van der Waals surface area contributed by atoms with Gasteiger partial charge in [0.1, 0.15) is 0 Å². The molecule has 0 atom stereocenters. The molecule has 4 heteroatoms. The van der Waals surface area contributed by atoms with Crippen molar-refractivity contribution in [3.8, 4) is 0 Å². The Labute approximate surface area is 104 Å². The predicted octanol–water partition coefficient (Wildman–Crippen LogP) is 3.70. The predicted molar refractivity (Wildman–Crippen MR) is 66.0 cm³/mol. The van der Waals surface area contributed by atoms with E-state index in [4.69, 9.17) is 0 Å². The van der Waals surface area contributed by atoms with Gasteiger partial charge in [-0.2, -0.15) is 0 Å². The molecule has 15 heavy (non-hydrogen) atoms. The van der Waals surface area contributed by atoms with Gasteiger partial charge in [-0.1, -0.05) is 18.2 Å². The second-order valence-corrected chi connectivity index (χ2v) is 4.74. The van der Waals surface area contributed by atoms with Crippen LogP contribution in [0.1, 0.15) is 10.4 Å². The SMILES string of the molecule is O=C(c1ccccc1)n1cc(Br)c(Br)c1. The summed E-state index contributed by atoms with van der Waals surface area (Å²) in [4.78, 5) is 11.9. The zero-order valence-electron chi connectivity index (χ0n) is 7.65. The lowest BCUT2D eigenvalue weighted by molar-refractivity contribution is 0.0960. The van der Waals surface area contributed by atoms with Crippen LogP contribution in [0.3, 0.4) is 0 Å². The maximum Gasteiger partial charge on any atom is 0.261 e. The highest BCUT2D eigenvalue weighted by molar-refractivity contribution is 9.13. The summed E-state index contributed by atoms with van der Waals surface area (Å²) < 4.78 is 3.28. The van der Waals surface area contributed by atoms with Crippen LogP contribution in [0.2, 0.25) is 0 Å². The molecule has 0 aliphatic rings. The first-order valence-corrected chi connectivity index (χ1v) is 5.90. The van der Waals surface area contributed by atoms with Crippen molar-refractivity contribution in [1.82, 2.24) is 4.57 Å². The lowest BCUT2D eigenvalue weighted by atomic mass is 10.2. The van der Waals surface area contributed by atoms with Gasteiger partial charge in [0.15, 0.2) is 0 Å². The number of aromatic nitrogens is 1. The van der Waals surface area contributed by atoms with Crippen molar-refractivity contribution in [2.75, 3.05) is 0 Å². The summed E-state index contributed by atoms with van der Waals surface area (Å²) in [6.07, 6.45) is 3.47. The second kappa shape index (κ2) is 4.33. The van der Waals surface area contributed by atoms with E-state index in [0.29, 0.717) is 5.56 Å². The minimum atomic E-state index is -0.0398. The zero-order valence-corrected chi connectivity index (χ0v) is 10.8. The van der Waals surface area contributed by atoms with Gasteiger partial charge in [-0.15, -0.1) is 0 Å². The fourth-order valence-electron chi connectivity index (χ4n) is 1.25. The van der Waals surface area contributed by atoms with Gasteiger partial charge in [-0.3, -0.25) is 9.36 Å². The Bertz CT molecular complexity index is 471. The molecule has 76 valence electrons. The van der Waals surface area contributed by atoms with Crippen molar-refractivity contribution in [3.63, 3.8) is 0 Å². The van der Waals surface area contributed by atoms with Gasteiger partial charge in [-0.25, -0.2) is 0 Å². The topological polar surface area (TPSA) is 22.0 Å². The number of nitrogens with zero attached hydrogens (tertiary/aromatic N) is 1. The Balaban J connectivity index is 2.37. The molecule has 2 rings (SSSR count). The van der Waals surface area contributed by atoms with E-state index in [1.165, 1.54) is 0 Å². The number of hydrogen-bond acceptors (Lipinski definition) is 1. The number of hydrogen-bond donors (Lipinski definition) is 0. The lowest BCUT2D eigenvalue weighted by Gasteiger charge is -2.00. The molecule has 0 N–H and O–H groups in total. The average Bonchev–Trinajstić information content (AvgIpc) is 2.59. The highest BCUT2D eigenvalue weighted by Gasteiger charge is 2.09. The van der Waals surface area contributed by atoms with Gasteiger partial charge < -0.3 is 0 Å². The first-order valence-electron chi connectivity index (χ1n) is 4.31. The van der Waals surface area contributed by atoms with Gasteiger partial charge >= 0.3 is 0 Å². The molecule has 0 amide bonds. The molecule has 0 fully saturated rings. The van der Waals surface area contributed by atoms with E-state index in [1.807, 2.05) is 18.2 Å². The standard InChI is InChI=1S/C11H7Br2NO/c12-9-6-14(7-10(9)13)11(15)8-4-2-1-3-5-8/h1-7H. The van der Waals surface area contributed by atoms with Crippen LogP contribution in [0.4, 0.5) is 0 Å². The number of halogens is 2. The lowest BCUT2D eigenvalue weighted by Crippen LogP contribution is -2.08. The molecule has 0 aliphatic heterocycles. The van der Waals surface area contributed by atoms with E-state index >= 15 is 0 Å². The molecule has 0 bridgehead atoms. The molecule has 2 nitrogen and oxygen atoms in total. The molecule has 1 aromatic carbocycles. The van der Waals surface area contributed by atoms with E-state index in [9.17, 15) is 4.79 Å². The molecule has 2 aromatic rings. The molecule has 0 saturated carbocycles. The third-order valence-electron chi connectivity index (χ3n) is 1.99. The summed E-state index contributed by atoms with van der Waals surface area (Å²) in [6.45, 7) is 0. The van der Waals surface area contributed by atoms with Crippen molar-refractivity contribution in [3.05, 3.63) is 57.2 Å². The van der Waals surface area contributed by atoms with Gasteiger partial charge in [-0.05, 0) is 44.0 Å².